The van der Waals surface area contributed by atoms with E-state index in [1.54, 1.807) is 0 Å². The molecule has 54 valence electrons. The Balaban J connectivity index is 2.83. The number of hydrogen-bond acceptors (Lipinski definition) is 3. The SMILES string of the molecule is CCCOCC[N+](=O)[O-]. The van der Waals surface area contributed by atoms with Crippen LogP contribution in [0.15, 0.2) is 0 Å². The van der Waals surface area contributed by atoms with Crippen LogP contribution < -0.4 is 0 Å². The lowest BCUT2D eigenvalue weighted by molar-refractivity contribution is -0.483. The molecule has 0 saturated heterocycles. The molecule has 0 radical (unpaired) electrons. The first kappa shape index (κ1) is 8.36. The minimum absolute atomic E-state index is 0.0833. The summed E-state index contributed by atoms with van der Waals surface area (Å²) in [5, 5.41) is 9.69. The molecule has 0 unspecified atom stereocenters. The summed E-state index contributed by atoms with van der Waals surface area (Å²) in [4.78, 5) is 9.31. The summed E-state index contributed by atoms with van der Waals surface area (Å²) in [7, 11) is 0. The predicted octanol–water partition coefficient (Wildman–Crippen LogP) is 0.690. The van der Waals surface area contributed by atoms with Crippen molar-refractivity contribution >= 4 is 0 Å². The molecule has 0 aliphatic heterocycles. The van der Waals surface area contributed by atoms with Gasteiger partial charge in [-0.05, 0) is 6.42 Å². The van der Waals surface area contributed by atoms with E-state index in [2.05, 4.69) is 0 Å². The van der Waals surface area contributed by atoms with Gasteiger partial charge in [0.05, 0.1) is 0 Å². The molecule has 9 heavy (non-hydrogen) atoms. The van der Waals surface area contributed by atoms with Crippen molar-refractivity contribution < 1.29 is 9.66 Å². The summed E-state index contributed by atoms with van der Waals surface area (Å²) in [5.74, 6) is 0. The highest BCUT2D eigenvalue weighted by Gasteiger charge is 1.93. The molecule has 0 aromatic carbocycles. The normalized spacial score (nSPS) is 9.44. The van der Waals surface area contributed by atoms with Crippen molar-refractivity contribution in [3.63, 3.8) is 0 Å². The fourth-order valence-corrected chi connectivity index (χ4v) is 0.385. The number of nitro groups is 1. The first-order valence-electron chi connectivity index (χ1n) is 2.97. The van der Waals surface area contributed by atoms with Gasteiger partial charge in [0.1, 0.15) is 6.61 Å². The highest BCUT2D eigenvalue weighted by Crippen LogP contribution is 1.79. The number of rotatable bonds is 5. The Morgan fingerprint density at radius 2 is 2.22 bits per heavy atom. The molecule has 4 nitrogen and oxygen atoms in total. The van der Waals surface area contributed by atoms with Gasteiger partial charge >= 0.3 is 0 Å². The monoisotopic (exact) mass is 133 g/mol. The van der Waals surface area contributed by atoms with Crippen LogP contribution in [0, 0.1) is 10.1 Å². The molecule has 0 aliphatic carbocycles. The van der Waals surface area contributed by atoms with Crippen LogP contribution in [-0.2, 0) is 4.74 Å². The molecule has 0 heterocycles. The molecular formula is C5H11NO3. The minimum atomic E-state index is -0.379. The Bertz CT molecular complexity index is 84.3. The van der Waals surface area contributed by atoms with Gasteiger partial charge in [0, 0.05) is 11.5 Å². The van der Waals surface area contributed by atoms with Gasteiger partial charge in [0.15, 0.2) is 0 Å². The van der Waals surface area contributed by atoms with Crippen molar-refractivity contribution in [3.8, 4) is 0 Å². The Morgan fingerprint density at radius 3 is 2.67 bits per heavy atom. The smallest absolute Gasteiger partial charge is 0.226 e. The molecule has 0 rings (SSSR count). The van der Waals surface area contributed by atoms with Gasteiger partial charge in [-0.15, -0.1) is 0 Å². The number of hydrogen-bond donors (Lipinski definition) is 0. The van der Waals surface area contributed by atoms with Crippen LogP contribution in [0.25, 0.3) is 0 Å². The van der Waals surface area contributed by atoms with Crippen molar-refractivity contribution in [3.05, 3.63) is 10.1 Å². The van der Waals surface area contributed by atoms with Crippen molar-refractivity contribution in [2.45, 2.75) is 13.3 Å². The van der Waals surface area contributed by atoms with Crippen LogP contribution in [0.4, 0.5) is 0 Å². The van der Waals surface area contributed by atoms with Crippen LogP contribution in [0.5, 0.6) is 0 Å². The molecular weight excluding hydrogens is 122 g/mol. The van der Waals surface area contributed by atoms with E-state index >= 15 is 0 Å². The molecule has 0 aromatic heterocycles. The predicted molar refractivity (Wildman–Crippen MR) is 33.0 cm³/mol. The average Bonchev–Trinajstić information content (AvgIpc) is 1.80. The second-order valence-corrected chi connectivity index (χ2v) is 1.67. The maximum Gasteiger partial charge on any atom is 0.226 e. The molecule has 0 amide bonds. The minimum Gasteiger partial charge on any atom is -0.375 e. The van der Waals surface area contributed by atoms with E-state index in [4.69, 9.17) is 4.74 Å². The van der Waals surface area contributed by atoms with Crippen molar-refractivity contribution in [2.24, 2.45) is 0 Å². The molecule has 0 N–H and O–H groups in total. The molecule has 0 atom stereocenters. The van der Waals surface area contributed by atoms with E-state index in [1.807, 2.05) is 6.92 Å². The van der Waals surface area contributed by atoms with E-state index < -0.39 is 0 Å². The van der Waals surface area contributed by atoms with Crippen molar-refractivity contribution in [1.29, 1.82) is 0 Å². The highest BCUT2D eigenvalue weighted by atomic mass is 16.6. The molecule has 0 bridgehead atoms. The third-order valence-corrected chi connectivity index (χ3v) is 0.767. The number of ether oxygens (including phenoxy) is 1. The lowest BCUT2D eigenvalue weighted by Gasteiger charge is -1.95. The molecule has 0 saturated carbocycles. The Labute approximate surface area is 54.0 Å². The number of nitrogens with zero attached hydrogens (tertiary/aromatic N) is 1. The summed E-state index contributed by atoms with van der Waals surface area (Å²) >= 11 is 0. The summed E-state index contributed by atoms with van der Waals surface area (Å²) in [5.41, 5.74) is 0. The summed E-state index contributed by atoms with van der Waals surface area (Å²) in [6, 6.07) is 0. The van der Waals surface area contributed by atoms with E-state index in [0.717, 1.165) is 6.42 Å². The topological polar surface area (TPSA) is 52.4 Å². The van der Waals surface area contributed by atoms with Gasteiger partial charge in [0.2, 0.25) is 6.54 Å². The van der Waals surface area contributed by atoms with Crippen LogP contribution in [-0.4, -0.2) is 24.7 Å². The third-order valence-electron chi connectivity index (χ3n) is 0.767. The van der Waals surface area contributed by atoms with Crippen LogP contribution in [0.3, 0.4) is 0 Å². The molecule has 0 fully saturated rings. The van der Waals surface area contributed by atoms with Crippen molar-refractivity contribution in [1.82, 2.24) is 0 Å². The first-order chi connectivity index (χ1) is 4.27. The standard InChI is InChI=1S/C5H11NO3/c1-2-4-9-5-3-6(7)8/h2-5H2,1H3. The van der Waals surface area contributed by atoms with E-state index in [9.17, 15) is 10.1 Å². The van der Waals surface area contributed by atoms with Gasteiger partial charge in [-0.3, -0.25) is 10.1 Å². The molecule has 0 spiro atoms. The summed E-state index contributed by atoms with van der Waals surface area (Å²) < 4.78 is 4.85. The van der Waals surface area contributed by atoms with Crippen LogP contribution in [0.1, 0.15) is 13.3 Å². The average molecular weight is 133 g/mol. The highest BCUT2D eigenvalue weighted by molar-refractivity contribution is 4.27. The van der Waals surface area contributed by atoms with E-state index in [1.165, 1.54) is 0 Å². The van der Waals surface area contributed by atoms with Gasteiger partial charge < -0.3 is 4.74 Å². The second kappa shape index (κ2) is 5.50. The maximum atomic E-state index is 9.69. The van der Waals surface area contributed by atoms with Gasteiger partial charge in [-0.25, -0.2) is 0 Å². The zero-order valence-electron chi connectivity index (χ0n) is 5.50. The third kappa shape index (κ3) is 7.36. The maximum absolute atomic E-state index is 9.69. The lowest BCUT2D eigenvalue weighted by Crippen LogP contribution is -2.08. The van der Waals surface area contributed by atoms with Crippen molar-refractivity contribution in [2.75, 3.05) is 19.8 Å². The quantitative estimate of drug-likeness (QED) is 0.315. The van der Waals surface area contributed by atoms with Crippen LogP contribution >= 0.6 is 0 Å². The van der Waals surface area contributed by atoms with Gasteiger partial charge in [-0.2, -0.15) is 0 Å². The molecule has 4 heteroatoms. The first-order valence-corrected chi connectivity index (χ1v) is 2.97. The zero-order valence-corrected chi connectivity index (χ0v) is 5.50. The van der Waals surface area contributed by atoms with E-state index in [0.29, 0.717) is 6.61 Å². The Morgan fingerprint density at radius 1 is 1.56 bits per heavy atom. The summed E-state index contributed by atoms with van der Waals surface area (Å²) in [6.07, 6.45) is 0.914. The Kier molecular flexibility index (Phi) is 5.11. The Hall–Kier alpha value is -0.640. The molecule has 0 aromatic rings. The molecule has 0 aliphatic rings. The lowest BCUT2D eigenvalue weighted by atomic mass is 10.5. The second-order valence-electron chi connectivity index (χ2n) is 1.67. The zero-order chi connectivity index (χ0) is 7.11. The van der Waals surface area contributed by atoms with E-state index in [-0.39, 0.29) is 18.1 Å². The fraction of sp³-hybridized carbons (Fsp3) is 1.00. The summed E-state index contributed by atoms with van der Waals surface area (Å²) in [6.45, 7) is 2.74. The van der Waals surface area contributed by atoms with Gasteiger partial charge in [-0.1, -0.05) is 6.92 Å². The largest absolute Gasteiger partial charge is 0.375 e. The fourth-order valence-electron chi connectivity index (χ4n) is 0.385. The van der Waals surface area contributed by atoms with Crippen LogP contribution in [0.2, 0.25) is 0 Å². The van der Waals surface area contributed by atoms with Gasteiger partial charge in [0.25, 0.3) is 0 Å².